The molecule has 0 saturated heterocycles. The number of thiazole rings is 1. The molecule has 0 radical (unpaired) electrons. The molecule has 1 amide bonds. The fourth-order valence-electron chi connectivity index (χ4n) is 2.09. The van der Waals surface area contributed by atoms with Gasteiger partial charge in [0.25, 0.3) is 0 Å². The maximum Gasteiger partial charge on any atom is 0.226 e. The number of carbonyl (C=O) groups excluding carboxylic acids is 1. The molecule has 6 heteroatoms. The molecule has 0 aliphatic heterocycles. The second kappa shape index (κ2) is 7.95. The minimum atomic E-state index is 0.0221. The summed E-state index contributed by atoms with van der Waals surface area (Å²) in [7, 11) is 0. The van der Waals surface area contributed by atoms with Crippen LogP contribution in [0.15, 0.2) is 57.9 Å². The number of amides is 1. The van der Waals surface area contributed by atoms with Crippen molar-refractivity contribution in [1.29, 1.82) is 0 Å². The Labute approximate surface area is 151 Å². The molecule has 0 aliphatic rings. The van der Waals surface area contributed by atoms with Crippen LogP contribution in [0.25, 0.3) is 10.2 Å². The van der Waals surface area contributed by atoms with E-state index in [0.717, 1.165) is 26.9 Å². The van der Waals surface area contributed by atoms with Crippen LogP contribution in [0, 0.1) is 0 Å². The van der Waals surface area contributed by atoms with Gasteiger partial charge in [-0.2, -0.15) is 0 Å². The number of carbonyl (C=O) groups is 1. The number of aromatic nitrogens is 1. The lowest BCUT2D eigenvalue weighted by molar-refractivity contribution is -0.116. The van der Waals surface area contributed by atoms with Gasteiger partial charge in [-0.15, -0.1) is 11.8 Å². The lowest BCUT2D eigenvalue weighted by Crippen LogP contribution is -2.11. The van der Waals surface area contributed by atoms with Crippen LogP contribution in [-0.2, 0) is 4.79 Å². The molecule has 0 aliphatic carbocycles. The molecule has 3 nitrogen and oxygen atoms in total. The number of para-hydroxylation sites is 1. The smallest absolute Gasteiger partial charge is 0.226 e. The summed E-state index contributed by atoms with van der Waals surface area (Å²) in [5, 5.41) is 3.56. The van der Waals surface area contributed by atoms with Crippen molar-refractivity contribution in [2.24, 2.45) is 0 Å². The van der Waals surface area contributed by atoms with E-state index in [9.17, 15) is 4.79 Å². The van der Waals surface area contributed by atoms with Gasteiger partial charge in [0.05, 0.1) is 10.2 Å². The number of thioether (sulfide) groups is 1. The molecule has 0 unspecified atom stereocenters. The van der Waals surface area contributed by atoms with Gasteiger partial charge >= 0.3 is 0 Å². The Morgan fingerprint density at radius 3 is 2.78 bits per heavy atom. The van der Waals surface area contributed by atoms with Gasteiger partial charge in [-0.3, -0.25) is 4.79 Å². The van der Waals surface area contributed by atoms with Crippen molar-refractivity contribution in [3.8, 4) is 0 Å². The van der Waals surface area contributed by atoms with E-state index in [1.807, 2.05) is 36.4 Å². The summed E-state index contributed by atoms with van der Waals surface area (Å²) in [5.41, 5.74) is 0.896. The molecule has 118 valence electrons. The lowest BCUT2D eigenvalue weighted by atomic mass is 10.3. The predicted octanol–water partition coefficient (Wildman–Crippen LogP) is 5.57. The molecule has 1 heterocycles. The topological polar surface area (TPSA) is 42.0 Å². The minimum absolute atomic E-state index is 0.0221. The number of nitrogens with zero attached hydrogens (tertiary/aromatic N) is 1. The number of halogens is 1. The van der Waals surface area contributed by atoms with Crippen molar-refractivity contribution in [1.82, 2.24) is 4.98 Å². The average Bonchev–Trinajstić information content (AvgIpc) is 2.96. The molecule has 1 aromatic heterocycles. The summed E-state index contributed by atoms with van der Waals surface area (Å²) in [6, 6.07) is 16.2. The number of anilines is 1. The predicted molar refractivity (Wildman–Crippen MR) is 102 cm³/mol. The Morgan fingerprint density at radius 1 is 1.17 bits per heavy atom. The lowest BCUT2D eigenvalue weighted by Gasteiger charge is -2.02. The first-order valence-electron chi connectivity index (χ1n) is 7.25. The van der Waals surface area contributed by atoms with Crippen LogP contribution >= 0.6 is 39.0 Å². The standard InChI is InChI=1S/C17H15BrN2OS2/c18-13-8-4-9-14-16(13)20-17(23-14)19-15(21)10-5-11-22-12-6-2-1-3-7-12/h1-4,6-9H,5,10-11H2,(H,19,20,21). The van der Waals surface area contributed by atoms with Crippen LogP contribution in [-0.4, -0.2) is 16.6 Å². The summed E-state index contributed by atoms with van der Waals surface area (Å²) >= 11 is 6.75. The molecule has 23 heavy (non-hydrogen) atoms. The van der Waals surface area contributed by atoms with Gasteiger partial charge in [-0.05, 0) is 52.4 Å². The molecular weight excluding hydrogens is 392 g/mol. The minimum Gasteiger partial charge on any atom is -0.302 e. The molecule has 0 atom stereocenters. The zero-order chi connectivity index (χ0) is 16.1. The van der Waals surface area contributed by atoms with Crippen molar-refractivity contribution >= 4 is 60.3 Å². The van der Waals surface area contributed by atoms with Gasteiger partial charge in [0.15, 0.2) is 5.13 Å². The monoisotopic (exact) mass is 406 g/mol. The third kappa shape index (κ3) is 4.56. The van der Waals surface area contributed by atoms with Crippen LogP contribution < -0.4 is 5.32 Å². The molecule has 0 saturated carbocycles. The second-order valence-corrected chi connectivity index (χ2v) is 7.97. The van der Waals surface area contributed by atoms with E-state index in [-0.39, 0.29) is 5.91 Å². The van der Waals surface area contributed by atoms with Crippen LogP contribution in [0.5, 0.6) is 0 Å². The number of hydrogen-bond donors (Lipinski definition) is 1. The van der Waals surface area contributed by atoms with Crippen LogP contribution in [0.1, 0.15) is 12.8 Å². The largest absolute Gasteiger partial charge is 0.302 e. The number of fused-ring (bicyclic) bond motifs is 1. The molecule has 3 rings (SSSR count). The maximum atomic E-state index is 12.0. The normalized spacial score (nSPS) is 10.8. The van der Waals surface area contributed by atoms with Crippen LogP contribution in [0.3, 0.4) is 0 Å². The van der Waals surface area contributed by atoms with Gasteiger partial charge in [0.2, 0.25) is 5.91 Å². The average molecular weight is 407 g/mol. The van der Waals surface area contributed by atoms with Crippen molar-refractivity contribution in [2.45, 2.75) is 17.7 Å². The molecule has 0 spiro atoms. The fraction of sp³-hybridized carbons (Fsp3) is 0.176. The highest BCUT2D eigenvalue weighted by molar-refractivity contribution is 9.10. The number of nitrogens with one attached hydrogen (secondary N) is 1. The summed E-state index contributed by atoms with van der Waals surface area (Å²) in [6.45, 7) is 0. The highest BCUT2D eigenvalue weighted by Gasteiger charge is 2.09. The molecule has 1 N–H and O–H groups in total. The van der Waals surface area contributed by atoms with Gasteiger partial charge in [-0.25, -0.2) is 4.98 Å². The first-order valence-corrected chi connectivity index (χ1v) is 9.84. The van der Waals surface area contributed by atoms with E-state index < -0.39 is 0 Å². The Balaban J connectivity index is 1.48. The van der Waals surface area contributed by atoms with E-state index in [4.69, 9.17) is 0 Å². The Morgan fingerprint density at radius 2 is 2.00 bits per heavy atom. The molecular formula is C17H15BrN2OS2. The highest BCUT2D eigenvalue weighted by Crippen LogP contribution is 2.31. The van der Waals surface area contributed by atoms with E-state index in [0.29, 0.717) is 11.6 Å². The first-order chi connectivity index (χ1) is 11.2. The third-order valence-corrected chi connectivity index (χ3v) is 5.85. The van der Waals surface area contributed by atoms with Crippen molar-refractivity contribution in [3.05, 3.63) is 53.0 Å². The Hall–Kier alpha value is -1.37. The van der Waals surface area contributed by atoms with Crippen molar-refractivity contribution in [2.75, 3.05) is 11.1 Å². The van der Waals surface area contributed by atoms with E-state index in [1.54, 1.807) is 11.8 Å². The SMILES string of the molecule is O=C(CCCSc1ccccc1)Nc1nc2c(Br)cccc2s1. The number of hydrogen-bond acceptors (Lipinski definition) is 4. The fourth-order valence-corrected chi connectivity index (χ4v) is 4.46. The van der Waals surface area contributed by atoms with Crippen LogP contribution in [0.4, 0.5) is 5.13 Å². The molecule has 0 fully saturated rings. The third-order valence-electron chi connectivity index (χ3n) is 3.18. The summed E-state index contributed by atoms with van der Waals surface area (Å²) in [5.74, 6) is 0.955. The molecule has 0 bridgehead atoms. The van der Waals surface area contributed by atoms with Gasteiger partial charge < -0.3 is 5.32 Å². The van der Waals surface area contributed by atoms with Crippen molar-refractivity contribution in [3.63, 3.8) is 0 Å². The first kappa shape index (κ1) is 16.5. The van der Waals surface area contributed by atoms with E-state index >= 15 is 0 Å². The number of benzene rings is 2. The zero-order valence-electron chi connectivity index (χ0n) is 12.3. The molecule has 3 aromatic rings. The Kier molecular flexibility index (Phi) is 5.70. The quantitative estimate of drug-likeness (QED) is 0.429. The van der Waals surface area contributed by atoms with E-state index in [2.05, 4.69) is 38.4 Å². The van der Waals surface area contributed by atoms with Crippen molar-refractivity contribution < 1.29 is 4.79 Å². The van der Waals surface area contributed by atoms with Crippen LogP contribution in [0.2, 0.25) is 0 Å². The highest BCUT2D eigenvalue weighted by atomic mass is 79.9. The number of rotatable bonds is 6. The zero-order valence-corrected chi connectivity index (χ0v) is 15.5. The summed E-state index contributed by atoms with van der Waals surface area (Å²) in [6.07, 6.45) is 1.36. The summed E-state index contributed by atoms with van der Waals surface area (Å²) in [4.78, 5) is 17.7. The van der Waals surface area contributed by atoms with E-state index in [1.165, 1.54) is 16.2 Å². The summed E-state index contributed by atoms with van der Waals surface area (Å²) < 4.78 is 2.01. The Bertz CT molecular complexity index is 805. The maximum absolute atomic E-state index is 12.0. The van der Waals surface area contributed by atoms with Gasteiger partial charge in [-0.1, -0.05) is 35.6 Å². The second-order valence-electron chi connectivity index (χ2n) is 4.92. The molecule has 2 aromatic carbocycles. The van der Waals surface area contributed by atoms with Gasteiger partial charge in [0.1, 0.15) is 0 Å². The van der Waals surface area contributed by atoms with Gasteiger partial charge in [0, 0.05) is 15.8 Å².